The fourth-order valence-electron chi connectivity index (χ4n) is 4.64. The summed E-state index contributed by atoms with van der Waals surface area (Å²) >= 11 is 0. The molecular formula is C29H29F2N3O5. The number of imide groups is 1. The van der Waals surface area contributed by atoms with Crippen LogP contribution in [-0.4, -0.2) is 52.3 Å². The van der Waals surface area contributed by atoms with Gasteiger partial charge in [-0.3, -0.25) is 29.4 Å². The summed E-state index contributed by atoms with van der Waals surface area (Å²) in [5, 5.41) is 17.0. The van der Waals surface area contributed by atoms with Crippen molar-refractivity contribution in [3.63, 3.8) is 0 Å². The number of carbonyl (C=O) groups is 4. The third-order valence-corrected chi connectivity index (χ3v) is 6.65. The molecule has 0 bridgehead atoms. The van der Waals surface area contributed by atoms with Gasteiger partial charge in [0.25, 0.3) is 11.8 Å². The van der Waals surface area contributed by atoms with E-state index in [4.69, 9.17) is 0 Å². The van der Waals surface area contributed by atoms with Crippen LogP contribution in [0, 0.1) is 17.6 Å². The van der Waals surface area contributed by atoms with Crippen molar-refractivity contribution < 1.29 is 33.1 Å². The molecule has 204 valence electrons. The lowest BCUT2D eigenvalue weighted by Gasteiger charge is -2.25. The van der Waals surface area contributed by atoms with Gasteiger partial charge in [-0.05, 0) is 59.4 Å². The molecule has 10 heteroatoms. The van der Waals surface area contributed by atoms with Crippen molar-refractivity contribution >= 4 is 34.5 Å². The van der Waals surface area contributed by atoms with Gasteiger partial charge in [-0.1, -0.05) is 44.2 Å². The van der Waals surface area contributed by atoms with Gasteiger partial charge in [0, 0.05) is 13.1 Å². The van der Waals surface area contributed by atoms with Crippen molar-refractivity contribution in [1.29, 1.82) is 0 Å². The Morgan fingerprint density at radius 2 is 1.51 bits per heavy atom. The fourth-order valence-corrected chi connectivity index (χ4v) is 4.64. The van der Waals surface area contributed by atoms with Crippen molar-refractivity contribution in [2.24, 2.45) is 5.92 Å². The molecular weight excluding hydrogens is 508 g/mol. The SMILES string of the molecule is CC(C)CC(NC(CCN1C(=O)c2cc3ccccc3cc2C1=O)C(=O)O)C(=O)NCc1ccc(F)c(F)c1. The summed E-state index contributed by atoms with van der Waals surface area (Å²) in [4.78, 5) is 52.0. The number of carboxylic acids is 1. The zero-order chi connectivity index (χ0) is 28.3. The number of nitrogens with one attached hydrogen (secondary N) is 2. The second kappa shape index (κ2) is 11.7. The van der Waals surface area contributed by atoms with Crippen LogP contribution in [0.15, 0.2) is 54.6 Å². The molecule has 1 aliphatic heterocycles. The Bertz CT molecular complexity index is 1390. The average molecular weight is 538 g/mol. The number of benzene rings is 3. The number of amides is 3. The van der Waals surface area contributed by atoms with Gasteiger partial charge in [0.2, 0.25) is 5.91 Å². The topological polar surface area (TPSA) is 116 Å². The standard InChI is InChI=1S/C29H29F2N3O5/c1-16(2)11-25(26(35)32-15-17-7-8-22(30)23(31)12-17)33-24(29(38)39)9-10-34-27(36)20-13-18-5-3-4-6-19(18)14-21(20)28(34)37/h3-8,12-14,16,24-25,33H,9-11,15H2,1-2H3,(H,32,35)(H,38,39). The highest BCUT2D eigenvalue weighted by Gasteiger charge is 2.37. The molecule has 2 unspecified atom stereocenters. The molecule has 0 aromatic heterocycles. The van der Waals surface area contributed by atoms with Gasteiger partial charge in [-0.25, -0.2) is 8.78 Å². The molecule has 39 heavy (non-hydrogen) atoms. The molecule has 0 fully saturated rings. The molecule has 0 saturated heterocycles. The van der Waals surface area contributed by atoms with E-state index in [0.717, 1.165) is 27.8 Å². The molecule has 2 atom stereocenters. The summed E-state index contributed by atoms with van der Waals surface area (Å²) in [6.45, 7) is 3.51. The number of rotatable bonds is 11. The predicted octanol–water partition coefficient (Wildman–Crippen LogP) is 3.88. The number of halogens is 2. The van der Waals surface area contributed by atoms with E-state index in [-0.39, 0.29) is 36.6 Å². The second-order valence-electron chi connectivity index (χ2n) is 10.0. The number of hydrogen-bond acceptors (Lipinski definition) is 5. The molecule has 1 aliphatic rings. The van der Waals surface area contributed by atoms with Crippen molar-refractivity contribution in [2.75, 3.05) is 6.54 Å². The molecule has 8 nitrogen and oxygen atoms in total. The van der Waals surface area contributed by atoms with E-state index in [2.05, 4.69) is 10.6 Å². The summed E-state index contributed by atoms with van der Waals surface area (Å²) in [5.74, 6) is -4.74. The van der Waals surface area contributed by atoms with Crippen LogP contribution < -0.4 is 10.6 Å². The molecule has 0 aliphatic carbocycles. The van der Waals surface area contributed by atoms with Crippen LogP contribution in [0.2, 0.25) is 0 Å². The highest BCUT2D eigenvalue weighted by molar-refractivity contribution is 6.23. The quantitative estimate of drug-likeness (QED) is 0.320. The van der Waals surface area contributed by atoms with Gasteiger partial charge in [-0.2, -0.15) is 0 Å². The minimum atomic E-state index is -1.24. The lowest BCUT2D eigenvalue weighted by atomic mass is 10.0. The Kier molecular flexibility index (Phi) is 8.35. The van der Waals surface area contributed by atoms with E-state index < -0.39 is 47.4 Å². The van der Waals surface area contributed by atoms with E-state index in [0.29, 0.717) is 12.0 Å². The van der Waals surface area contributed by atoms with Crippen LogP contribution in [0.4, 0.5) is 8.78 Å². The Labute approximate surface area is 224 Å². The summed E-state index contributed by atoms with van der Waals surface area (Å²) in [6, 6.07) is 11.8. The van der Waals surface area contributed by atoms with Crippen molar-refractivity contribution in [3.05, 3.63) is 82.9 Å². The first kappa shape index (κ1) is 27.8. The number of aliphatic carboxylic acids is 1. The normalized spacial score (nSPS) is 14.5. The summed E-state index contributed by atoms with van der Waals surface area (Å²) in [5.41, 5.74) is 0.888. The lowest BCUT2D eigenvalue weighted by molar-refractivity contribution is -0.140. The number of nitrogens with zero attached hydrogens (tertiary/aromatic N) is 1. The van der Waals surface area contributed by atoms with E-state index in [1.54, 1.807) is 12.1 Å². The highest BCUT2D eigenvalue weighted by Crippen LogP contribution is 2.28. The Balaban J connectivity index is 1.43. The van der Waals surface area contributed by atoms with Gasteiger partial charge >= 0.3 is 5.97 Å². The first-order chi connectivity index (χ1) is 18.5. The van der Waals surface area contributed by atoms with Gasteiger partial charge in [0.1, 0.15) is 6.04 Å². The van der Waals surface area contributed by atoms with E-state index in [9.17, 15) is 33.1 Å². The molecule has 0 saturated carbocycles. The Morgan fingerprint density at radius 1 is 0.897 bits per heavy atom. The van der Waals surface area contributed by atoms with Crippen molar-refractivity contribution in [2.45, 2.75) is 45.3 Å². The van der Waals surface area contributed by atoms with Crippen molar-refractivity contribution in [1.82, 2.24) is 15.5 Å². The average Bonchev–Trinajstić information content (AvgIpc) is 3.13. The van der Waals surface area contributed by atoms with E-state index in [1.807, 2.05) is 38.1 Å². The monoisotopic (exact) mass is 537 g/mol. The van der Waals surface area contributed by atoms with Gasteiger partial charge in [0.15, 0.2) is 11.6 Å². The molecule has 4 rings (SSSR count). The van der Waals surface area contributed by atoms with E-state index >= 15 is 0 Å². The maximum atomic E-state index is 13.5. The number of fused-ring (bicyclic) bond motifs is 2. The highest BCUT2D eigenvalue weighted by atomic mass is 19.2. The number of hydrogen-bond donors (Lipinski definition) is 3. The summed E-state index contributed by atoms with van der Waals surface area (Å²) in [7, 11) is 0. The van der Waals surface area contributed by atoms with Gasteiger partial charge in [-0.15, -0.1) is 0 Å². The van der Waals surface area contributed by atoms with E-state index in [1.165, 1.54) is 6.07 Å². The maximum Gasteiger partial charge on any atom is 0.320 e. The molecule has 3 amide bonds. The van der Waals surface area contributed by atoms with Crippen LogP contribution >= 0.6 is 0 Å². The van der Waals surface area contributed by atoms with Crippen molar-refractivity contribution in [3.8, 4) is 0 Å². The van der Waals surface area contributed by atoms with Gasteiger partial charge in [0.05, 0.1) is 17.2 Å². The zero-order valence-corrected chi connectivity index (χ0v) is 21.5. The van der Waals surface area contributed by atoms with Crippen LogP contribution in [0.1, 0.15) is 53.0 Å². The minimum Gasteiger partial charge on any atom is -0.480 e. The Hall–Kier alpha value is -4.18. The van der Waals surface area contributed by atoms with Crippen LogP contribution in [0.5, 0.6) is 0 Å². The smallest absolute Gasteiger partial charge is 0.320 e. The van der Waals surface area contributed by atoms with Crippen LogP contribution in [-0.2, 0) is 16.1 Å². The van der Waals surface area contributed by atoms with Crippen LogP contribution in [0.3, 0.4) is 0 Å². The largest absolute Gasteiger partial charge is 0.480 e. The van der Waals surface area contributed by atoms with Crippen LogP contribution in [0.25, 0.3) is 10.8 Å². The molecule has 1 heterocycles. The third-order valence-electron chi connectivity index (χ3n) is 6.65. The predicted molar refractivity (Wildman–Crippen MR) is 140 cm³/mol. The zero-order valence-electron chi connectivity index (χ0n) is 21.5. The number of carbonyl (C=O) groups excluding carboxylic acids is 3. The fraction of sp³-hybridized carbons (Fsp3) is 0.310. The molecule has 0 radical (unpaired) electrons. The minimum absolute atomic E-state index is 0.0244. The number of carboxylic acid groups (broad SMARTS) is 1. The third kappa shape index (κ3) is 6.28. The van der Waals surface area contributed by atoms with Gasteiger partial charge < -0.3 is 10.4 Å². The Morgan fingerprint density at radius 3 is 2.05 bits per heavy atom. The molecule has 3 aromatic carbocycles. The maximum absolute atomic E-state index is 13.5. The summed E-state index contributed by atoms with van der Waals surface area (Å²) in [6.07, 6.45) is 0.179. The second-order valence-corrected chi connectivity index (χ2v) is 10.0. The molecule has 3 aromatic rings. The lowest BCUT2D eigenvalue weighted by Crippen LogP contribution is -2.52. The summed E-state index contributed by atoms with van der Waals surface area (Å²) < 4.78 is 26.7. The first-order valence-corrected chi connectivity index (χ1v) is 12.6. The molecule has 0 spiro atoms. The molecule has 3 N–H and O–H groups in total. The first-order valence-electron chi connectivity index (χ1n) is 12.6.